The van der Waals surface area contributed by atoms with E-state index in [-0.39, 0.29) is 18.1 Å². The molecule has 0 spiro atoms. The van der Waals surface area contributed by atoms with E-state index in [1.807, 2.05) is 43.3 Å². The van der Waals surface area contributed by atoms with Crippen LogP contribution in [0, 0.1) is 5.82 Å². The van der Waals surface area contributed by atoms with E-state index in [1.165, 1.54) is 12.1 Å². The summed E-state index contributed by atoms with van der Waals surface area (Å²) in [6.07, 6.45) is 1.25. The smallest absolute Gasteiger partial charge is 0.226 e. The molecular weight excluding hydrogens is 437 g/mol. The van der Waals surface area contributed by atoms with Crippen molar-refractivity contribution in [1.82, 2.24) is 10.1 Å². The number of aryl methyl sites for hydroxylation is 1. The number of hydrogen-bond acceptors (Lipinski definition) is 6. The third-order valence-corrected chi connectivity index (χ3v) is 4.89. The van der Waals surface area contributed by atoms with E-state index in [9.17, 15) is 9.18 Å². The molecule has 0 radical (unpaired) electrons. The van der Waals surface area contributed by atoms with Crippen LogP contribution in [0.4, 0.5) is 10.1 Å². The number of hydrogen-bond donors (Lipinski definition) is 1. The van der Waals surface area contributed by atoms with Gasteiger partial charge in [-0.3, -0.25) is 4.79 Å². The Morgan fingerprint density at radius 1 is 1.00 bits per heavy atom. The molecule has 0 aliphatic rings. The van der Waals surface area contributed by atoms with Crippen LogP contribution in [0.1, 0.15) is 25.7 Å². The lowest BCUT2D eigenvalue weighted by atomic mass is 10.2. The van der Waals surface area contributed by atoms with Gasteiger partial charge in [-0.1, -0.05) is 17.3 Å². The summed E-state index contributed by atoms with van der Waals surface area (Å²) < 4.78 is 29.7. The molecular formula is C26H24FN3O4. The van der Waals surface area contributed by atoms with Crippen LogP contribution < -0.4 is 14.8 Å². The van der Waals surface area contributed by atoms with Crippen molar-refractivity contribution in [2.75, 3.05) is 11.9 Å². The first-order chi connectivity index (χ1) is 16.6. The molecule has 1 aromatic heterocycles. The molecule has 0 atom stereocenters. The van der Waals surface area contributed by atoms with Gasteiger partial charge in [0.1, 0.15) is 17.3 Å². The highest BCUT2D eigenvalue weighted by Crippen LogP contribution is 2.30. The molecule has 0 bridgehead atoms. The summed E-state index contributed by atoms with van der Waals surface area (Å²) in [5.41, 5.74) is 1.25. The maximum atomic E-state index is 13.1. The molecule has 0 fully saturated rings. The lowest BCUT2D eigenvalue weighted by molar-refractivity contribution is -0.116. The first-order valence-corrected chi connectivity index (χ1v) is 11.0. The minimum Gasteiger partial charge on any atom is -0.494 e. The second-order valence-corrected chi connectivity index (χ2v) is 7.42. The average molecular weight is 461 g/mol. The number of aromatic nitrogens is 2. The molecule has 0 aliphatic carbocycles. The number of para-hydroxylation sites is 2. The van der Waals surface area contributed by atoms with E-state index in [1.54, 1.807) is 24.3 Å². The molecule has 1 heterocycles. The number of halogens is 1. The zero-order valence-electron chi connectivity index (χ0n) is 18.7. The van der Waals surface area contributed by atoms with Gasteiger partial charge in [-0.2, -0.15) is 4.98 Å². The molecule has 3 aromatic carbocycles. The minimum absolute atomic E-state index is 0.152. The van der Waals surface area contributed by atoms with Crippen LogP contribution in [-0.4, -0.2) is 22.7 Å². The number of rotatable bonds is 10. The van der Waals surface area contributed by atoms with Crippen molar-refractivity contribution in [1.29, 1.82) is 0 Å². The third kappa shape index (κ3) is 6.19. The van der Waals surface area contributed by atoms with Gasteiger partial charge in [0, 0.05) is 18.4 Å². The number of ether oxygens (including phenoxy) is 2. The van der Waals surface area contributed by atoms with E-state index >= 15 is 0 Å². The molecule has 0 unspecified atom stereocenters. The van der Waals surface area contributed by atoms with Crippen LogP contribution in [0.2, 0.25) is 0 Å². The molecule has 0 saturated carbocycles. The summed E-state index contributed by atoms with van der Waals surface area (Å²) in [5.74, 6) is 2.28. The molecule has 8 heteroatoms. The number of carbonyl (C=O) groups is 1. The zero-order chi connectivity index (χ0) is 23.8. The van der Waals surface area contributed by atoms with Crippen molar-refractivity contribution in [2.24, 2.45) is 0 Å². The van der Waals surface area contributed by atoms with Crippen LogP contribution in [0.25, 0.3) is 11.4 Å². The van der Waals surface area contributed by atoms with Crippen molar-refractivity contribution in [2.45, 2.75) is 26.2 Å². The number of carbonyl (C=O) groups excluding carboxylic acids is 1. The maximum absolute atomic E-state index is 13.1. The van der Waals surface area contributed by atoms with E-state index in [0.29, 0.717) is 53.9 Å². The summed E-state index contributed by atoms with van der Waals surface area (Å²) in [6.45, 7) is 2.52. The van der Waals surface area contributed by atoms with Crippen molar-refractivity contribution in [3.05, 3.63) is 84.5 Å². The Morgan fingerprint density at radius 3 is 2.50 bits per heavy atom. The molecule has 4 rings (SSSR count). The quantitative estimate of drug-likeness (QED) is 0.310. The van der Waals surface area contributed by atoms with E-state index < -0.39 is 0 Å². The van der Waals surface area contributed by atoms with Crippen molar-refractivity contribution in [3.63, 3.8) is 0 Å². The fourth-order valence-corrected chi connectivity index (χ4v) is 3.24. The Labute approximate surface area is 196 Å². The fraction of sp³-hybridized carbons (Fsp3) is 0.192. The topological polar surface area (TPSA) is 86.5 Å². The van der Waals surface area contributed by atoms with Gasteiger partial charge in [0.15, 0.2) is 5.75 Å². The third-order valence-electron chi connectivity index (χ3n) is 4.89. The highest BCUT2D eigenvalue weighted by atomic mass is 19.1. The van der Waals surface area contributed by atoms with Gasteiger partial charge in [-0.05, 0) is 74.0 Å². The largest absolute Gasteiger partial charge is 0.494 e. The summed E-state index contributed by atoms with van der Waals surface area (Å²) in [7, 11) is 0. The first-order valence-electron chi connectivity index (χ1n) is 11.0. The van der Waals surface area contributed by atoms with Gasteiger partial charge in [-0.15, -0.1) is 0 Å². The molecule has 1 N–H and O–H groups in total. The summed E-state index contributed by atoms with van der Waals surface area (Å²) in [4.78, 5) is 16.8. The van der Waals surface area contributed by atoms with Crippen LogP contribution in [-0.2, 0) is 11.2 Å². The molecule has 1 amide bonds. The number of amides is 1. The molecule has 0 saturated heterocycles. The number of nitrogens with one attached hydrogen (secondary N) is 1. The Kier molecular flexibility index (Phi) is 7.49. The number of anilines is 1. The van der Waals surface area contributed by atoms with E-state index in [4.69, 9.17) is 14.0 Å². The van der Waals surface area contributed by atoms with Crippen LogP contribution in [0.15, 0.2) is 77.3 Å². The Morgan fingerprint density at radius 2 is 1.74 bits per heavy atom. The SMILES string of the molecule is CCOc1ccc(Oc2ccccc2NC(=O)CCCc2nc(-c3ccc(F)cc3)no2)cc1. The fourth-order valence-electron chi connectivity index (χ4n) is 3.24. The number of nitrogens with zero attached hydrogens (tertiary/aromatic N) is 2. The lowest BCUT2D eigenvalue weighted by Crippen LogP contribution is -2.12. The van der Waals surface area contributed by atoms with Gasteiger partial charge < -0.3 is 19.3 Å². The highest BCUT2D eigenvalue weighted by Gasteiger charge is 2.12. The Bertz CT molecular complexity index is 1220. The van der Waals surface area contributed by atoms with Crippen molar-refractivity contribution in [3.8, 4) is 28.6 Å². The predicted octanol–water partition coefficient (Wildman–Crippen LogP) is 6.03. The molecule has 4 aromatic rings. The van der Waals surface area contributed by atoms with Gasteiger partial charge in [0.25, 0.3) is 0 Å². The average Bonchev–Trinajstić information content (AvgIpc) is 3.31. The van der Waals surface area contributed by atoms with Crippen LogP contribution in [0.5, 0.6) is 17.2 Å². The monoisotopic (exact) mass is 461 g/mol. The standard InChI is InChI=1S/C26H24FN3O4/c1-2-32-20-14-16-21(17-15-20)33-23-7-4-3-6-22(23)28-24(31)8-5-9-25-29-26(30-34-25)18-10-12-19(27)13-11-18/h3-4,6-7,10-17H,2,5,8-9H2,1H3,(H,28,31). The normalized spacial score (nSPS) is 10.6. The second kappa shape index (κ2) is 11.1. The summed E-state index contributed by atoms with van der Waals surface area (Å²) in [5, 5.41) is 6.81. The molecule has 0 aliphatic heterocycles. The van der Waals surface area contributed by atoms with Gasteiger partial charge in [0.2, 0.25) is 17.6 Å². The summed E-state index contributed by atoms with van der Waals surface area (Å²) in [6, 6.07) is 20.4. The first kappa shape index (κ1) is 23.0. The Balaban J connectivity index is 1.29. The molecule has 174 valence electrons. The van der Waals surface area contributed by atoms with Gasteiger partial charge in [0.05, 0.1) is 12.3 Å². The second-order valence-electron chi connectivity index (χ2n) is 7.42. The van der Waals surface area contributed by atoms with Crippen molar-refractivity contribution < 1.29 is 23.2 Å². The zero-order valence-corrected chi connectivity index (χ0v) is 18.7. The van der Waals surface area contributed by atoms with E-state index in [2.05, 4.69) is 15.5 Å². The Hall–Kier alpha value is -4.20. The molecule has 7 nitrogen and oxygen atoms in total. The van der Waals surface area contributed by atoms with Gasteiger partial charge in [-0.25, -0.2) is 4.39 Å². The predicted molar refractivity (Wildman–Crippen MR) is 125 cm³/mol. The number of benzene rings is 3. The van der Waals surface area contributed by atoms with Crippen LogP contribution >= 0.6 is 0 Å². The summed E-state index contributed by atoms with van der Waals surface area (Å²) >= 11 is 0. The maximum Gasteiger partial charge on any atom is 0.226 e. The van der Waals surface area contributed by atoms with Crippen LogP contribution in [0.3, 0.4) is 0 Å². The van der Waals surface area contributed by atoms with Crippen molar-refractivity contribution >= 4 is 11.6 Å². The lowest BCUT2D eigenvalue weighted by Gasteiger charge is -2.12. The minimum atomic E-state index is -0.329. The van der Waals surface area contributed by atoms with Gasteiger partial charge >= 0.3 is 0 Å². The van der Waals surface area contributed by atoms with E-state index in [0.717, 1.165) is 5.75 Å². The highest BCUT2D eigenvalue weighted by molar-refractivity contribution is 5.92. The molecule has 34 heavy (non-hydrogen) atoms.